The Balaban J connectivity index is 1.90. The van der Waals surface area contributed by atoms with Crippen molar-refractivity contribution in [1.29, 1.82) is 0 Å². The Kier molecular flexibility index (Phi) is 9.38. The van der Waals surface area contributed by atoms with Crippen LogP contribution in [0.1, 0.15) is 70.0 Å². The minimum atomic E-state index is -1.00. The van der Waals surface area contributed by atoms with Crippen molar-refractivity contribution < 1.29 is 24.7 Å². The van der Waals surface area contributed by atoms with Crippen LogP contribution in [0, 0.1) is 3.57 Å². The molecule has 4 N–H and O–H groups in total. The fraction of sp³-hybridized carbons (Fsp3) is 0.280. The summed E-state index contributed by atoms with van der Waals surface area (Å²) in [5.74, 6) is -1.28. The van der Waals surface area contributed by atoms with Gasteiger partial charge in [-0.05, 0) is 64.4 Å². The standard InChI is InChI=1S/C25H27IN4O5/c1-2-3-4-22-27-14-21(30(22)15-16-5-7-18(8-6-16)25(33)34)24(32)28-20(13-23(31)29-35)17-9-11-19(26)12-10-17/h5-12,14,20,35H,2-4,13,15H2,1H3,(H,28,32)(H,29,31)(H,33,34). The second-order valence-corrected chi connectivity index (χ2v) is 9.31. The third-order valence-electron chi connectivity index (χ3n) is 5.56. The molecule has 10 heteroatoms. The van der Waals surface area contributed by atoms with Gasteiger partial charge in [0, 0.05) is 16.5 Å². The molecule has 1 heterocycles. The average molecular weight is 590 g/mol. The van der Waals surface area contributed by atoms with E-state index in [0.29, 0.717) is 18.7 Å². The van der Waals surface area contributed by atoms with Crippen molar-refractivity contribution in [2.45, 2.75) is 45.2 Å². The minimum absolute atomic E-state index is 0.143. The maximum absolute atomic E-state index is 13.4. The molecule has 1 aromatic heterocycles. The summed E-state index contributed by atoms with van der Waals surface area (Å²) in [5, 5.41) is 21.1. The molecule has 184 valence electrons. The van der Waals surface area contributed by atoms with Gasteiger partial charge in [-0.15, -0.1) is 0 Å². The third kappa shape index (κ3) is 7.12. The molecule has 3 aromatic rings. The van der Waals surface area contributed by atoms with Gasteiger partial charge in [0.1, 0.15) is 11.5 Å². The van der Waals surface area contributed by atoms with E-state index in [1.807, 2.05) is 28.8 Å². The van der Waals surface area contributed by atoms with Crippen molar-refractivity contribution in [1.82, 2.24) is 20.3 Å². The number of unbranched alkanes of at least 4 members (excludes halogenated alkanes) is 1. The highest BCUT2D eigenvalue weighted by Gasteiger charge is 2.23. The first kappa shape index (κ1) is 26.4. The zero-order valence-corrected chi connectivity index (χ0v) is 21.4. The fourth-order valence-corrected chi connectivity index (χ4v) is 4.01. The Morgan fingerprint density at radius 3 is 2.37 bits per heavy atom. The second-order valence-electron chi connectivity index (χ2n) is 8.07. The van der Waals surface area contributed by atoms with Crippen LogP contribution >= 0.6 is 22.6 Å². The van der Waals surface area contributed by atoms with E-state index in [1.165, 1.54) is 18.3 Å². The Labute approximate surface area is 216 Å². The van der Waals surface area contributed by atoms with Crippen LogP contribution in [0.25, 0.3) is 0 Å². The highest BCUT2D eigenvalue weighted by atomic mass is 127. The number of aromatic carboxylic acids is 1. The van der Waals surface area contributed by atoms with E-state index in [9.17, 15) is 14.4 Å². The van der Waals surface area contributed by atoms with Crippen LogP contribution in [-0.2, 0) is 17.8 Å². The van der Waals surface area contributed by atoms with E-state index in [0.717, 1.165) is 33.4 Å². The van der Waals surface area contributed by atoms with Crippen molar-refractivity contribution in [2.75, 3.05) is 0 Å². The molecule has 0 spiro atoms. The summed E-state index contributed by atoms with van der Waals surface area (Å²) in [4.78, 5) is 40.9. The van der Waals surface area contributed by atoms with Gasteiger partial charge in [0.25, 0.3) is 5.91 Å². The van der Waals surface area contributed by atoms with Gasteiger partial charge >= 0.3 is 5.97 Å². The third-order valence-corrected chi connectivity index (χ3v) is 6.28. The number of aryl methyl sites for hydroxylation is 1. The first-order valence-electron chi connectivity index (χ1n) is 11.2. The lowest BCUT2D eigenvalue weighted by Crippen LogP contribution is -2.34. The topological polar surface area (TPSA) is 134 Å². The summed E-state index contributed by atoms with van der Waals surface area (Å²) in [6, 6.07) is 13.2. The zero-order valence-electron chi connectivity index (χ0n) is 19.2. The molecule has 1 atom stereocenters. The van der Waals surface area contributed by atoms with Gasteiger partial charge in [-0.2, -0.15) is 0 Å². The molecule has 1 unspecified atom stereocenters. The molecule has 0 aliphatic heterocycles. The number of hydroxylamine groups is 1. The van der Waals surface area contributed by atoms with E-state index >= 15 is 0 Å². The van der Waals surface area contributed by atoms with Gasteiger partial charge in [-0.1, -0.05) is 37.6 Å². The quantitative estimate of drug-likeness (QED) is 0.152. The number of nitrogens with zero attached hydrogens (tertiary/aromatic N) is 2. The molecule has 0 saturated carbocycles. The zero-order chi connectivity index (χ0) is 25.4. The summed E-state index contributed by atoms with van der Waals surface area (Å²) in [6.45, 7) is 2.41. The van der Waals surface area contributed by atoms with Crippen molar-refractivity contribution >= 4 is 40.4 Å². The lowest BCUT2D eigenvalue weighted by atomic mass is 10.0. The van der Waals surface area contributed by atoms with Crippen LogP contribution in [0.3, 0.4) is 0 Å². The van der Waals surface area contributed by atoms with E-state index in [1.54, 1.807) is 17.6 Å². The number of halogens is 1. The summed E-state index contributed by atoms with van der Waals surface area (Å²) in [7, 11) is 0. The summed E-state index contributed by atoms with van der Waals surface area (Å²) in [5.41, 5.74) is 3.69. The SMILES string of the molecule is CCCCc1ncc(C(=O)NC(CC(=O)NO)c2ccc(I)cc2)n1Cc1ccc(C(=O)O)cc1. The van der Waals surface area contributed by atoms with Crippen molar-refractivity contribution in [3.63, 3.8) is 0 Å². The molecule has 0 radical (unpaired) electrons. The number of benzene rings is 2. The van der Waals surface area contributed by atoms with Gasteiger partial charge in [-0.3, -0.25) is 14.8 Å². The molecule has 0 bridgehead atoms. The first-order valence-corrected chi connectivity index (χ1v) is 12.3. The maximum atomic E-state index is 13.4. The summed E-state index contributed by atoms with van der Waals surface area (Å²) < 4.78 is 2.83. The molecule has 0 aliphatic rings. The molecule has 2 amide bonds. The lowest BCUT2D eigenvalue weighted by Gasteiger charge is -2.19. The number of carbonyl (C=O) groups is 3. The van der Waals surface area contributed by atoms with Crippen LogP contribution in [0.15, 0.2) is 54.7 Å². The monoisotopic (exact) mass is 590 g/mol. The smallest absolute Gasteiger partial charge is 0.335 e. The average Bonchev–Trinajstić information content (AvgIpc) is 3.25. The van der Waals surface area contributed by atoms with Crippen LogP contribution in [0.4, 0.5) is 0 Å². The van der Waals surface area contributed by atoms with E-state index < -0.39 is 23.8 Å². The highest BCUT2D eigenvalue weighted by molar-refractivity contribution is 14.1. The summed E-state index contributed by atoms with van der Waals surface area (Å²) >= 11 is 2.17. The van der Waals surface area contributed by atoms with E-state index in [4.69, 9.17) is 10.3 Å². The van der Waals surface area contributed by atoms with E-state index in [2.05, 4.69) is 39.8 Å². The largest absolute Gasteiger partial charge is 0.478 e. The van der Waals surface area contributed by atoms with Gasteiger partial charge in [0.2, 0.25) is 5.91 Å². The molecule has 35 heavy (non-hydrogen) atoms. The van der Waals surface area contributed by atoms with Gasteiger partial charge in [0.15, 0.2) is 0 Å². The molecular weight excluding hydrogens is 563 g/mol. The van der Waals surface area contributed by atoms with Gasteiger partial charge in [-0.25, -0.2) is 15.3 Å². The Bertz CT molecular complexity index is 1180. The molecule has 3 rings (SSSR count). The predicted octanol–water partition coefficient (Wildman–Crippen LogP) is 3.94. The van der Waals surface area contributed by atoms with Crippen molar-refractivity contribution in [3.8, 4) is 0 Å². The molecule has 2 aromatic carbocycles. The normalized spacial score (nSPS) is 11.6. The number of imidazole rings is 1. The number of carboxylic acids is 1. The molecule has 9 nitrogen and oxygen atoms in total. The second kappa shape index (κ2) is 12.5. The Morgan fingerprint density at radius 1 is 1.09 bits per heavy atom. The van der Waals surface area contributed by atoms with Crippen LogP contribution in [-0.4, -0.2) is 37.6 Å². The number of carbonyl (C=O) groups excluding carboxylic acids is 2. The maximum Gasteiger partial charge on any atom is 0.335 e. The summed E-state index contributed by atoms with van der Waals surface area (Å²) in [6.07, 6.45) is 3.93. The number of rotatable bonds is 11. The van der Waals surface area contributed by atoms with Crippen molar-refractivity contribution in [3.05, 3.63) is 86.5 Å². The lowest BCUT2D eigenvalue weighted by molar-refractivity contribution is -0.129. The number of nitrogens with one attached hydrogen (secondary N) is 2. The van der Waals surface area contributed by atoms with Gasteiger partial charge in [0.05, 0.1) is 24.2 Å². The molecule has 0 fully saturated rings. The predicted molar refractivity (Wildman–Crippen MR) is 137 cm³/mol. The molecular formula is C25H27IN4O5. The highest BCUT2D eigenvalue weighted by Crippen LogP contribution is 2.20. The van der Waals surface area contributed by atoms with Crippen molar-refractivity contribution in [2.24, 2.45) is 0 Å². The molecule has 0 saturated heterocycles. The number of aromatic nitrogens is 2. The number of hydrogen-bond donors (Lipinski definition) is 4. The minimum Gasteiger partial charge on any atom is -0.478 e. The Morgan fingerprint density at radius 2 is 1.77 bits per heavy atom. The number of amides is 2. The van der Waals surface area contributed by atoms with E-state index in [-0.39, 0.29) is 12.0 Å². The van der Waals surface area contributed by atoms with Crippen LogP contribution in [0.5, 0.6) is 0 Å². The Hall–Kier alpha value is -3.25. The fourth-order valence-electron chi connectivity index (χ4n) is 3.65. The molecule has 0 aliphatic carbocycles. The first-order chi connectivity index (χ1) is 16.8. The number of hydrogen-bond acceptors (Lipinski definition) is 5. The number of carboxylic acid groups (broad SMARTS) is 1. The van der Waals surface area contributed by atoms with Gasteiger partial charge < -0.3 is 15.0 Å². The van der Waals surface area contributed by atoms with Crippen LogP contribution < -0.4 is 10.8 Å². The van der Waals surface area contributed by atoms with Crippen LogP contribution in [0.2, 0.25) is 0 Å².